The van der Waals surface area contributed by atoms with Gasteiger partial charge in [0.05, 0.1) is 0 Å². The number of rotatable bonds is 8. The van der Waals surface area contributed by atoms with E-state index in [2.05, 4.69) is 32.1 Å². The van der Waals surface area contributed by atoms with Crippen molar-refractivity contribution in [2.75, 3.05) is 5.88 Å². The van der Waals surface area contributed by atoms with Crippen molar-refractivity contribution in [3.63, 3.8) is 0 Å². The maximum Gasteiger partial charge on any atom is 0.127 e. The van der Waals surface area contributed by atoms with Crippen LogP contribution in [0.5, 0.6) is 0 Å². The molecule has 1 aromatic rings. The largest absolute Gasteiger partial charge is 0.461 e. The number of hydrogen-bond acceptors (Lipinski definition) is 1. The van der Waals surface area contributed by atoms with E-state index in [1.165, 1.54) is 24.8 Å². The van der Waals surface area contributed by atoms with E-state index >= 15 is 0 Å². The summed E-state index contributed by atoms with van der Waals surface area (Å²) in [5.74, 6) is 2.89. The Hall–Kier alpha value is -0.690. The van der Waals surface area contributed by atoms with E-state index in [9.17, 15) is 0 Å². The molecule has 0 fully saturated rings. The van der Waals surface area contributed by atoms with Crippen molar-refractivity contribution in [2.24, 2.45) is 0 Å². The molecule has 0 amide bonds. The molecule has 1 aromatic heterocycles. The molecule has 0 atom stereocenters. The van der Waals surface area contributed by atoms with Gasteiger partial charge in [-0.15, -0.1) is 11.6 Å². The summed E-state index contributed by atoms with van der Waals surface area (Å²) in [6.45, 7) is 4.30. The molecule has 0 saturated heterocycles. The summed E-state index contributed by atoms with van der Waals surface area (Å²) < 4.78 is 5.82. The van der Waals surface area contributed by atoms with Gasteiger partial charge in [-0.1, -0.05) is 25.8 Å². The van der Waals surface area contributed by atoms with Crippen LogP contribution in [-0.2, 0) is 6.42 Å². The van der Waals surface area contributed by atoms with Gasteiger partial charge in [-0.3, -0.25) is 0 Å². The zero-order chi connectivity index (χ0) is 12.5. The molecule has 17 heavy (non-hydrogen) atoms. The van der Waals surface area contributed by atoms with Gasteiger partial charge in [-0.2, -0.15) is 0 Å². The summed E-state index contributed by atoms with van der Waals surface area (Å²) >= 11 is 5.66. The predicted octanol–water partition coefficient (Wildman–Crippen LogP) is 5.35. The molecular formula is C15H23ClO. The third-order valence-corrected chi connectivity index (χ3v) is 3.08. The molecular weight excluding hydrogens is 232 g/mol. The molecule has 0 N–H and O–H groups in total. The molecule has 0 spiro atoms. The summed E-state index contributed by atoms with van der Waals surface area (Å²) in [5.41, 5.74) is 1.27. The lowest BCUT2D eigenvalue weighted by Gasteiger charge is -1.98. The van der Waals surface area contributed by atoms with Crippen LogP contribution >= 0.6 is 11.6 Å². The zero-order valence-electron chi connectivity index (χ0n) is 11.0. The van der Waals surface area contributed by atoms with Gasteiger partial charge in [-0.25, -0.2) is 0 Å². The number of aryl methyl sites for hydroxylation is 2. The smallest absolute Gasteiger partial charge is 0.127 e. The highest BCUT2D eigenvalue weighted by atomic mass is 35.5. The van der Waals surface area contributed by atoms with Crippen molar-refractivity contribution >= 4 is 17.7 Å². The van der Waals surface area contributed by atoms with E-state index in [-0.39, 0.29) is 0 Å². The minimum absolute atomic E-state index is 0.766. The highest BCUT2D eigenvalue weighted by Crippen LogP contribution is 2.18. The molecule has 1 heterocycles. The molecule has 0 aliphatic carbocycles. The first-order valence-electron chi connectivity index (χ1n) is 6.59. The summed E-state index contributed by atoms with van der Waals surface area (Å²) in [7, 11) is 0. The third kappa shape index (κ3) is 5.45. The zero-order valence-corrected chi connectivity index (χ0v) is 11.7. The number of unbranched alkanes of at least 4 members (excludes halogenated alkanes) is 3. The topological polar surface area (TPSA) is 13.1 Å². The van der Waals surface area contributed by atoms with Crippen LogP contribution in [0.25, 0.3) is 6.08 Å². The van der Waals surface area contributed by atoms with Crippen molar-refractivity contribution < 1.29 is 4.42 Å². The van der Waals surface area contributed by atoms with E-state index in [0.29, 0.717) is 0 Å². The Balaban J connectivity index is 2.44. The monoisotopic (exact) mass is 254 g/mol. The molecule has 0 aliphatic heterocycles. The van der Waals surface area contributed by atoms with Crippen molar-refractivity contribution in [3.05, 3.63) is 29.2 Å². The van der Waals surface area contributed by atoms with Gasteiger partial charge in [0.2, 0.25) is 0 Å². The Kier molecular flexibility index (Phi) is 7.11. The van der Waals surface area contributed by atoms with E-state index < -0.39 is 0 Å². The molecule has 2 heteroatoms. The van der Waals surface area contributed by atoms with Crippen LogP contribution < -0.4 is 0 Å². The van der Waals surface area contributed by atoms with Crippen molar-refractivity contribution in [1.82, 2.24) is 0 Å². The van der Waals surface area contributed by atoms with Crippen LogP contribution in [0.3, 0.4) is 0 Å². The van der Waals surface area contributed by atoms with E-state index in [1.54, 1.807) is 0 Å². The predicted molar refractivity (Wildman–Crippen MR) is 75.7 cm³/mol. The minimum atomic E-state index is 0.766. The van der Waals surface area contributed by atoms with Crippen LogP contribution in [0.2, 0.25) is 0 Å². The Morgan fingerprint density at radius 1 is 1.29 bits per heavy atom. The first-order valence-corrected chi connectivity index (χ1v) is 7.13. The highest BCUT2D eigenvalue weighted by Gasteiger charge is 2.05. The SMILES string of the molecule is CCC/C=C/c1cc(C)c(CCCCCCl)o1. The Morgan fingerprint density at radius 2 is 2.12 bits per heavy atom. The lowest BCUT2D eigenvalue weighted by Crippen LogP contribution is -1.86. The molecule has 1 rings (SSSR count). The summed E-state index contributed by atoms with van der Waals surface area (Å²) in [5, 5.41) is 0. The lowest BCUT2D eigenvalue weighted by molar-refractivity contribution is 0.487. The Labute approximate surface area is 110 Å². The van der Waals surface area contributed by atoms with E-state index in [1.807, 2.05) is 0 Å². The Bertz CT molecular complexity index is 339. The normalized spacial score (nSPS) is 11.5. The highest BCUT2D eigenvalue weighted by molar-refractivity contribution is 6.17. The average molecular weight is 255 g/mol. The third-order valence-electron chi connectivity index (χ3n) is 2.81. The van der Waals surface area contributed by atoms with Crippen LogP contribution in [0.15, 0.2) is 16.6 Å². The van der Waals surface area contributed by atoms with Crippen LogP contribution in [-0.4, -0.2) is 5.88 Å². The second-order valence-corrected chi connectivity index (χ2v) is 4.82. The van der Waals surface area contributed by atoms with Gasteiger partial charge < -0.3 is 4.42 Å². The van der Waals surface area contributed by atoms with Gasteiger partial charge in [-0.05, 0) is 43.9 Å². The Morgan fingerprint density at radius 3 is 2.82 bits per heavy atom. The number of allylic oxidation sites excluding steroid dienone is 1. The van der Waals surface area contributed by atoms with Crippen molar-refractivity contribution in [1.29, 1.82) is 0 Å². The first-order chi connectivity index (χ1) is 8.27. The second-order valence-electron chi connectivity index (χ2n) is 4.45. The van der Waals surface area contributed by atoms with Crippen LogP contribution in [0.1, 0.15) is 56.1 Å². The van der Waals surface area contributed by atoms with E-state index in [4.69, 9.17) is 16.0 Å². The van der Waals surface area contributed by atoms with Crippen molar-refractivity contribution in [2.45, 2.75) is 52.4 Å². The number of alkyl halides is 1. The van der Waals surface area contributed by atoms with Gasteiger partial charge in [0.1, 0.15) is 11.5 Å². The molecule has 0 aliphatic rings. The van der Waals surface area contributed by atoms with Gasteiger partial charge in [0, 0.05) is 12.3 Å². The maximum absolute atomic E-state index is 5.82. The van der Waals surface area contributed by atoms with E-state index in [0.717, 1.165) is 36.7 Å². The van der Waals surface area contributed by atoms with Gasteiger partial charge in [0.15, 0.2) is 0 Å². The lowest BCUT2D eigenvalue weighted by atomic mass is 10.1. The summed E-state index contributed by atoms with van der Waals surface area (Å²) in [6.07, 6.45) is 11.0. The van der Waals surface area contributed by atoms with Crippen LogP contribution in [0.4, 0.5) is 0 Å². The number of hydrogen-bond donors (Lipinski definition) is 0. The standard InChI is InChI=1S/C15H23ClO/c1-3-4-6-9-14-12-13(2)15(17-14)10-7-5-8-11-16/h6,9,12H,3-5,7-8,10-11H2,1-2H3/b9-6+. The minimum Gasteiger partial charge on any atom is -0.461 e. The second kappa shape index (κ2) is 8.41. The molecule has 0 aromatic carbocycles. The maximum atomic E-state index is 5.82. The fourth-order valence-corrected chi connectivity index (χ4v) is 1.99. The molecule has 1 nitrogen and oxygen atoms in total. The molecule has 0 bridgehead atoms. The quantitative estimate of drug-likeness (QED) is 0.450. The summed E-state index contributed by atoms with van der Waals surface area (Å²) in [4.78, 5) is 0. The fraction of sp³-hybridized carbons (Fsp3) is 0.600. The molecule has 0 radical (unpaired) electrons. The molecule has 0 unspecified atom stereocenters. The van der Waals surface area contributed by atoms with Gasteiger partial charge >= 0.3 is 0 Å². The number of furan rings is 1. The fourth-order valence-electron chi connectivity index (χ4n) is 1.80. The average Bonchev–Trinajstić information content (AvgIpc) is 2.66. The van der Waals surface area contributed by atoms with Crippen molar-refractivity contribution in [3.8, 4) is 0 Å². The first kappa shape index (κ1) is 14.4. The van der Waals surface area contributed by atoms with Gasteiger partial charge in [0.25, 0.3) is 0 Å². The number of halogens is 1. The van der Waals surface area contributed by atoms with Crippen LogP contribution in [0, 0.1) is 6.92 Å². The molecule has 0 saturated carbocycles. The molecule has 96 valence electrons. The summed E-state index contributed by atoms with van der Waals surface area (Å²) in [6, 6.07) is 2.13.